The van der Waals surface area contributed by atoms with Crippen LogP contribution in [0.5, 0.6) is 5.75 Å². The van der Waals surface area contributed by atoms with Gasteiger partial charge in [0.05, 0.1) is 29.7 Å². The van der Waals surface area contributed by atoms with Gasteiger partial charge in [0.2, 0.25) is 5.91 Å². The fourth-order valence-corrected chi connectivity index (χ4v) is 3.89. The van der Waals surface area contributed by atoms with Crippen LogP contribution in [0.25, 0.3) is 5.57 Å². The van der Waals surface area contributed by atoms with Crippen molar-refractivity contribution in [2.75, 3.05) is 5.32 Å². The number of fused-ring (bicyclic) bond motifs is 1. The van der Waals surface area contributed by atoms with Crippen molar-refractivity contribution >= 4 is 29.4 Å². The number of carboxylic acid groups (broad SMARTS) is 1. The van der Waals surface area contributed by atoms with E-state index in [4.69, 9.17) is 4.74 Å². The maximum absolute atomic E-state index is 12.3. The number of ether oxygens (including phenoxy) is 1. The molecule has 0 spiro atoms. The van der Waals surface area contributed by atoms with E-state index in [-0.39, 0.29) is 41.0 Å². The van der Waals surface area contributed by atoms with E-state index >= 15 is 0 Å². The van der Waals surface area contributed by atoms with E-state index in [2.05, 4.69) is 10.3 Å². The van der Waals surface area contributed by atoms with Crippen LogP contribution in [0.2, 0.25) is 0 Å². The molecule has 1 aromatic heterocycles. The van der Waals surface area contributed by atoms with Crippen LogP contribution in [0.3, 0.4) is 0 Å². The Balaban J connectivity index is 0.00000256. The van der Waals surface area contributed by atoms with Gasteiger partial charge in [-0.3, -0.25) is 10.1 Å². The molecule has 0 radical (unpaired) electrons. The molecule has 0 aliphatic carbocycles. The molecule has 1 saturated heterocycles. The normalized spacial score (nSPS) is 20.7. The van der Waals surface area contributed by atoms with Gasteiger partial charge >= 0.3 is 35.7 Å². The van der Waals surface area contributed by atoms with Crippen molar-refractivity contribution in [2.45, 2.75) is 25.5 Å². The van der Waals surface area contributed by atoms with E-state index < -0.39 is 36.0 Å². The summed E-state index contributed by atoms with van der Waals surface area (Å²) in [4.78, 5) is 39.8. The van der Waals surface area contributed by atoms with E-state index in [0.717, 1.165) is 0 Å². The maximum atomic E-state index is 12.3. The Morgan fingerprint density at radius 3 is 2.57 bits per heavy atom. The summed E-state index contributed by atoms with van der Waals surface area (Å²) in [5, 5.41) is 24.0. The van der Waals surface area contributed by atoms with Crippen LogP contribution >= 0.6 is 0 Å². The number of amides is 2. The Morgan fingerprint density at radius 2 is 2.00 bits per heavy atom. The van der Waals surface area contributed by atoms with Crippen molar-refractivity contribution in [2.24, 2.45) is 5.92 Å². The quantitative estimate of drug-likeness (QED) is 0.369. The van der Waals surface area contributed by atoms with Crippen molar-refractivity contribution in [1.29, 1.82) is 0 Å². The molecule has 1 fully saturated rings. The van der Waals surface area contributed by atoms with Crippen molar-refractivity contribution in [3.63, 3.8) is 0 Å². The van der Waals surface area contributed by atoms with Crippen molar-refractivity contribution in [3.05, 3.63) is 53.9 Å². The predicted molar refractivity (Wildman–Crippen MR) is 99.2 cm³/mol. The molecular weight excluding hydrogens is 401 g/mol. The zero-order valence-electron chi connectivity index (χ0n) is 16.4. The first-order valence-corrected chi connectivity index (χ1v) is 9.05. The Labute approximate surface area is 194 Å². The summed E-state index contributed by atoms with van der Waals surface area (Å²) in [6, 6.07) is 9.30. The SMILES string of the molecule is C[C@@H](O)[C@H]1C(=O)N2C(C(=O)[O-])=C(c3ccc(OC(=O)Nc4ccc[nH]4)cc3)C[C@H]12.[Na+]. The number of β-lactam (4-membered cyclic amide) rings is 1. The van der Waals surface area contributed by atoms with Crippen LogP contribution < -0.4 is 44.7 Å². The number of nitrogens with zero attached hydrogens (tertiary/aromatic N) is 1. The summed E-state index contributed by atoms with van der Waals surface area (Å²) in [6.45, 7) is 1.51. The first kappa shape index (κ1) is 22.1. The number of anilines is 1. The summed E-state index contributed by atoms with van der Waals surface area (Å²) < 4.78 is 5.19. The molecule has 2 aromatic rings. The third-order valence-electron chi connectivity index (χ3n) is 5.17. The number of aliphatic hydroxyl groups is 1. The predicted octanol–water partition coefficient (Wildman–Crippen LogP) is -2.30. The van der Waals surface area contributed by atoms with Gasteiger partial charge in [-0.1, -0.05) is 12.1 Å². The van der Waals surface area contributed by atoms with Crippen LogP contribution in [0.1, 0.15) is 18.9 Å². The molecule has 9 nitrogen and oxygen atoms in total. The number of nitrogens with one attached hydrogen (secondary N) is 2. The average molecular weight is 419 g/mol. The number of hydrogen-bond donors (Lipinski definition) is 3. The summed E-state index contributed by atoms with van der Waals surface area (Å²) in [5.41, 5.74) is 0.858. The van der Waals surface area contributed by atoms with Crippen LogP contribution in [0.4, 0.5) is 10.6 Å². The molecule has 2 aliphatic rings. The molecule has 2 aliphatic heterocycles. The number of H-pyrrole nitrogens is 1. The molecule has 3 heterocycles. The number of carbonyl (C=O) groups excluding carboxylic acids is 3. The second-order valence-corrected chi connectivity index (χ2v) is 6.98. The average Bonchev–Trinajstić information content (AvgIpc) is 3.27. The number of aromatic nitrogens is 1. The van der Waals surface area contributed by atoms with Crippen LogP contribution in [0.15, 0.2) is 48.3 Å². The van der Waals surface area contributed by atoms with E-state index in [0.29, 0.717) is 23.4 Å². The third-order valence-corrected chi connectivity index (χ3v) is 5.17. The zero-order chi connectivity index (χ0) is 20.7. The van der Waals surface area contributed by atoms with Crippen LogP contribution in [-0.2, 0) is 9.59 Å². The second-order valence-electron chi connectivity index (χ2n) is 6.98. The smallest absolute Gasteiger partial charge is 0.543 e. The van der Waals surface area contributed by atoms with Gasteiger partial charge in [-0.15, -0.1) is 0 Å². The van der Waals surface area contributed by atoms with Crippen LogP contribution in [0, 0.1) is 5.92 Å². The Morgan fingerprint density at radius 1 is 1.30 bits per heavy atom. The van der Waals surface area contributed by atoms with Gasteiger partial charge in [-0.25, -0.2) is 4.79 Å². The first-order valence-electron chi connectivity index (χ1n) is 9.05. The molecule has 0 saturated carbocycles. The summed E-state index contributed by atoms with van der Waals surface area (Å²) in [5.74, 6) is -1.72. The number of aliphatic hydroxyl groups excluding tert-OH is 1. The maximum Gasteiger partial charge on any atom is 1.00 e. The van der Waals surface area contributed by atoms with Crippen molar-refractivity contribution < 1.29 is 58.9 Å². The standard InChI is InChI=1S/C20H19N3O6.Na/c1-10(24)16-14-9-13(17(19(26)27)23(14)18(16)25)11-4-6-12(7-5-11)29-20(28)22-15-3-2-8-21-15;/h2-8,10,14,16,21,24H,9H2,1H3,(H,22,28)(H,26,27);/q;+1/p-1/t10-,14-,16-;/m1./s1. The number of hydrogen-bond acceptors (Lipinski definition) is 6. The summed E-state index contributed by atoms with van der Waals surface area (Å²) in [6.07, 6.45) is 0.424. The largest absolute Gasteiger partial charge is 1.00 e. The number of carbonyl (C=O) groups is 3. The van der Waals surface area contributed by atoms with Crippen LogP contribution in [-0.4, -0.2) is 45.1 Å². The van der Waals surface area contributed by atoms with Gasteiger partial charge in [-0.2, -0.15) is 0 Å². The van der Waals surface area contributed by atoms with Gasteiger partial charge in [0.15, 0.2) is 0 Å². The topological polar surface area (TPSA) is 135 Å². The van der Waals surface area contributed by atoms with Crippen molar-refractivity contribution in [3.8, 4) is 5.75 Å². The fraction of sp³-hybridized carbons (Fsp3) is 0.250. The molecule has 2 amide bonds. The zero-order valence-corrected chi connectivity index (χ0v) is 18.4. The number of aromatic amines is 1. The first-order chi connectivity index (χ1) is 13.9. The van der Waals surface area contributed by atoms with Gasteiger partial charge in [0.25, 0.3) is 0 Å². The van der Waals surface area contributed by atoms with E-state index in [9.17, 15) is 24.6 Å². The van der Waals surface area contributed by atoms with E-state index in [1.54, 1.807) is 30.5 Å². The second kappa shape index (κ2) is 8.65. The minimum atomic E-state index is -1.44. The molecule has 30 heavy (non-hydrogen) atoms. The molecule has 4 rings (SSSR count). The Bertz CT molecular complexity index is 1000. The number of aliphatic carboxylic acids is 1. The molecule has 150 valence electrons. The van der Waals surface area contributed by atoms with E-state index in [1.807, 2.05) is 0 Å². The minimum Gasteiger partial charge on any atom is -0.543 e. The van der Waals surface area contributed by atoms with Gasteiger partial charge < -0.3 is 29.6 Å². The molecule has 1 aromatic carbocycles. The monoisotopic (exact) mass is 419 g/mol. The van der Waals surface area contributed by atoms with E-state index in [1.165, 1.54) is 24.0 Å². The minimum absolute atomic E-state index is 0. The number of rotatable bonds is 5. The fourth-order valence-electron chi connectivity index (χ4n) is 3.89. The Hall–Kier alpha value is -2.59. The molecular formula is C20H18N3NaO6. The molecule has 10 heteroatoms. The van der Waals surface area contributed by atoms with Crippen molar-refractivity contribution in [1.82, 2.24) is 9.88 Å². The molecule has 3 N–H and O–H groups in total. The molecule has 0 bridgehead atoms. The summed E-state index contributed by atoms with van der Waals surface area (Å²) in [7, 11) is 0. The number of carboxylic acids is 1. The number of benzene rings is 1. The molecule has 3 atom stereocenters. The van der Waals surface area contributed by atoms with Gasteiger partial charge in [0.1, 0.15) is 11.6 Å². The third kappa shape index (κ3) is 3.89. The van der Waals surface area contributed by atoms with Gasteiger partial charge in [0, 0.05) is 6.20 Å². The Kier molecular flexibility index (Phi) is 6.37. The van der Waals surface area contributed by atoms with Gasteiger partial charge in [-0.05, 0) is 48.7 Å². The molecule has 0 unspecified atom stereocenters. The summed E-state index contributed by atoms with van der Waals surface area (Å²) >= 11 is 0.